The first-order chi connectivity index (χ1) is 8.65. The molecule has 0 bridgehead atoms. The number of halogens is 1. The van der Waals surface area contributed by atoms with E-state index in [2.05, 4.69) is 5.32 Å². The van der Waals surface area contributed by atoms with Crippen molar-refractivity contribution in [2.45, 2.75) is 26.2 Å². The quantitative estimate of drug-likeness (QED) is 0.828. The van der Waals surface area contributed by atoms with Crippen LogP contribution in [0.1, 0.15) is 24.5 Å². The van der Waals surface area contributed by atoms with Crippen molar-refractivity contribution in [2.75, 3.05) is 25.0 Å². The van der Waals surface area contributed by atoms with Crippen LogP contribution in [0.5, 0.6) is 0 Å². The first kappa shape index (κ1) is 13.0. The summed E-state index contributed by atoms with van der Waals surface area (Å²) in [5.74, 6) is -0.147. The van der Waals surface area contributed by atoms with Crippen LogP contribution < -0.4 is 10.2 Å². The maximum atomic E-state index is 13.9. The third kappa shape index (κ3) is 2.38. The summed E-state index contributed by atoms with van der Waals surface area (Å²) in [5.41, 5.74) is 2.51. The molecule has 1 aromatic rings. The van der Waals surface area contributed by atoms with Crippen LogP contribution in [-0.2, 0) is 17.6 Å². The van der Waals surface area contributed by atoms with E-state index in [1.807, 2.05) is 6.92 Å². The van der Waals surface area contributed by atoms with Gasteiger partial charge in [-0.3, -0.25) is 4.79 Å². The van der Waals surface area contributed by atoms with Crippen molar-refractivity contribution in [1.29, 1.82) is 0 Å². The molecule has 1 aliphatic rings. The smallest absolute Gasteiger partial charge is 0.227 e. The number of benzene rings is 1. The van der Waals surface area contributed by atoms with E-state index in [1.165, 1.54) is 6.07 Å². The Bertz CT molecular complexity index is 459. The third-order valence-corrected chi connectivity index (χ3v) is 3.43. The standard InChI is InChI=1S/C14H19FN2O/c1-3-16-9-8-11-12(15)6-4-10-5-7-13(18)17(2)14(10)11/h4,6,16H,3,5,7-9H2,1-2H3. The lowest BCUT2D eigenvalue weighted by Crippen LogP contribution is -2.33. The molecule has 18 heavy (non-hydrogen) atoms. The summed E-state index contributed by atoms with van der Waals surface area (Å²) in [7, 11) is 1.73. The number of aryl methyl sites for hydroxylation is 1. The van der Waals surface area contributed by atoms with E-state index in [1.54, 1.807) is 18.0 Å². The molecular weight excluding hydrogens is 231 g/mol. The highest BCUT2D eigenvalue weighted by atomic mass is 19.1. The number of rotatable bonds is 4. The molecule has 3 nitrogen and oxygen atoms in total. The number of amides is 1. The lowest BCUT2D eigenvalue weighted by atomic mass is 9.95. The summed E-state index contributed by atoms with van der Waals surface area (Å²) in [6.07, 6.45) is 1.84. The largest absolute Gasteiger partial charge is 0.317 e. The van der Waals surface area contributed by atoms with E-state index < -0.39 is 0 Å². The zero-order valence-electron chi connectivity index (χ0n) is 10.9. The van der Waals surface area contributed by atoms with Gasteiger partial charge in [-0.1, -0.05) is 13.0 Å². The highest BCUT2D eigenvalue weighted by molar-refractivity contribution is 5.96. The van der Waals surface area contributed by atoms with Gasteiger partial charge in [0.15, 0.2) is 0 Å². The molecule has 0 aliphatic carbocycles. The lowest BCUT2D eigenvalue weighted by molar-refractivity contribution is -0.118. The molecule has 0 fully saturated rings. The average Bonchev–Trinajstić information content (AvgIpc) is 2.36. The second kappa shape index (κ2) is 5.48. The molecule has 1 aromatic carbocycles. The van der Waals surface area contributed by atoms with Gasteiger partial charge in [-0.2, -0.15) is 0 Å². The normalized spacial score (nSPS) is 14.8. The van der Waals surface area contributed by atoms with Crippen molar-refractivity contribution < 1.29 is 9.18 Å². The molecule has 0 saturated heterocycles. The molecule has 0 saturated carbocycles. The van der Waals surface area contributed by atoms with Gasteiger partial charge in [0.25, 0.3) is 0 Å². The minimum atomic E-state index is -0.215. The van der Waals surface area contributed by atoms with Crippen LogP contribution in [0.15, 0.2) is 12.1 Å². The summed E-state index contributed by atoms with van der Waals surface area (Å²) >= 11 is 0. The molecule has 0 atom stereocenters. The topological polar surface area (TPSA) is 32.3 Å². The highest BCUT2D eigenvalue weighted by Crippen LogP contribution is 2.32. The molecule has 1 amide bonds. The second-order valence-electron chi connectivity index (χ2n) is 4.59. The van der Waals surface area contributed by atoms with Crippen molar-refractivity contribution in [1.82, 2.24) is 5.32 Å². The Morgan fingerprint density at radius 2 is 2.17 bits per heavy atom. The van der Waals surface area contributed by atoms with Crippen molar-refractivity contribution in [3.63, 3.8) is 0 Å². The number of fused-ring (bicyclic) bond motifs is 1. The van der Waals surface area contributed by atoms with Gasteiger partial charge in [-0.15, -0.1) is 0 Å². The van der Waals surface area contributed by atoms with Gasteiger partial charge in [0.05, 0.1) is 5.69 Å². The third-order valence-electron chi connectivity index (χ3n) is 3.43. The summed E-state index contributed by atoms with van der Waals surface area (Å²) in [6, 6.07) is 3.31. The molecule has 0 radical (unpaired) electrons. The maximum Gasteiger partial charge on any atom is 0.227 e. The Labute approximate surface area is 107 Å². The summed E-state index contributed by atoms with van der Waals surface area (Å²) < 4.78 is 13.9. The fraction of sp³-hybridized carbons (Fsp3) is 0.500. The monoisotopic (exact) mass is 250 g/mol. The number of carbonyl (C=O) groups excluding carboxylic acids is 1. The minimum Gasteiger partial charge on any atom is -0.317 e. The number of likely N-dealkylation sites (N-methyl/N-ethyl adjacent to an activating group) is 1. The lowest BCUT2D eigenvalue weighted by Gasteiger charge is -2.28. The summed E-state index contributed by atoms with van der Waals surface area (Å²) in [5, 5.41) is 3.19. The molecule has 1 N–H and O–H groups in total. The molecule has 2 rings (SSSR count). The van der Waals surface area contributed by atoms with E-state index in [0.29, 0.717) is 24.8 Å². The fourth-order valence-electron chi connectivity index (χ4n) is 2.44. The van der Waals surface area contributed by atoms with E-state index in [0.717, 1.165) is 24.3 Å². The van der Waals surface area contributed by atoms with Gasteiger partial charge >= 0.3 is 0 Å². The predicted octanol–water partition coefficient (Wildman–Crippen LogP) is 1.89. The first-order valence-corrected chi connectivity index (χ1v) is 6.42. The first-order valence-electron chi connectivity index (χ1n) is 6.42. The molecule has 4 heteroatoms. The van der Waals surface area contributed by atoms with Crippen molar-refractivity contribution in [3.8, 4) is 0 Å². The van der Waals surface area contributed by atoms with Crippen molar-refractivity contribution >= 4 is 11.6 Å². The Hall–Kier alpha value is -1.42. The SMILES string of the molecule is CCNCCc1c(F)ccc2c1N(C)C(=O)CC2. The van der Waals surface area contributed by atoms with Gasteiger partial charge < -0.3 is 10.2 Å². The number of hydrogen-bond donors (Lipinski definition) is 1. The maximum absolute atomic E-state index is 13.9. The van der Waals surface area contributed by atoms with Crippen LogP contribution in [-0.4, -0.2) is 26.0 Å². The van der Waals surface area contributed by atoms with Crippen LogP contribution in [0.25, 0.3) is 0 Å². The van der Waals surface area contributed by atoms with Gasteiger partial charge in [0.2, 0.25) is 5.91 Å². The number of nitrogens with one attached hydrogen (secondary N) is 1. The van der Waals surface area contributed by atoms with Gasteiger partial charge in [0.1, 0.15) is 5.82 Å². The summed E-state index contributed by atoms with van der Waals surface area (Å²) in [4.78, 5) is 13.3. The van der Waals surface area contributed by atoms with Crippen LogP contribution in [0.4, 0.5) is 10.1 Å². The van der Waals surface area contributed by atoms with E-state index in [9.17, 15) is 9.18 Å². The van der Waals surface area contributed by atoms with Crippen LogP contribution in [0.3, 0.4) is 0 Å². The molecule has 98 valence electrons. The molecular formula is C14H19FN2O. The van der Waals surface area contributed by atoms with Crippen LogP contribution in [0, 0.1) is 5.82 Å². The van der Waals surface area contributed by atoms with Gasteiger partial charge in [0, 0.05) is 19.0 Å². The highest BCUT2D eigenvalue weighted by Gasteiger charge is 2.25. The molecule has 1 aliphatic heterocycles. The number of nitrogens with zero attached hydrogens (tertiary/aromatic N) is 1. The molecule has 0 spiro atoms. The molecule has 1 heterocycles. The van der Waals surface area contributed by atoms with Crippen LogP contribution in [0.2, 0.25) is 0 Å². The second-order valence-corrected chi connectivity index (χ2v) is 4.59. The predicted molar refractivity (Wildman–Crippen MR) is 70.4 cm³/mol. The Balaban J connectivity index is 2.35. The summed E-state index contributed by atoms with van der Waals surface area (Å²) in [6.45, 7) is 3.61. The zero-order chi connectivity index (χ0) is 13.1. The Morgan fingerprint density at radius 3 is 2.89 bits per heavy atom. The number of hydrogen-bond acceptors (Lipinski definition) is 2. The van der Waals surface area contributed by atoms with Gasteiger partial charge in [-0.05, 0) is 37.6 Å². The van der Waals surface area contributed by atoms with E-state index in [4.69, 9.17) is 0 Å². The number of anilines is 1. The average molecular weight is 250 g/mol. The molecule has 0 aromatic heterocycles. The molecule has 0 unspecified atom stereocenters. The van der Waals surface area contributed by atoms with Crippen molar-refractivity contribution in [3.05, 3.63) is 29.1 Å². The minimum absolute atomic E-state index is 0.0674. The van der Waals surface area contributed by atoms with E-state index >= 15 is 0 Å². The van der Waals surface area contributed by atoms with Gasteiger partial charge in [-0.25, -0.2) is 4.39 Å². The van der Waals surface area contributed by atoms with Crippen LogP contribution >= 0.6 is 0 Å². The van der Waals surface area contributed by atoms with E-state index in [-0.39, 0.29) is 11.7 Å². The Morgan fingerprint density at radius 1 is 1.39 bits per heavy atom. The fourth-order valence-corrected chi connectivity index (χ4v) is 2.44. The zero-order valence-corrected chi connectivity index (χ0v) is 10.9. The number of carbonyl (C=O) groups is 1. The van der Waals surface area contributed by atoms with Crippen molar-refractivity contribution in [2.24, 2.45) is 0 Å². The Kier molecular flexibility index (Phi) is 3.97.